The van der Waals surface area contributed by atoms with Crippen LogP contribution in [0.1, 0.15) is 36.5 Å². The molecule has 2 atom stereocenters. The largest absolute Gasteiger partial charge is 0.326 e. The molecular weight excluding hydrogens is 308 g/mol. The predicted molar refractivity (Wildman–Crippen MR) is 102 cm³/mol. The second-order valence-electron chi connectivity index (χ2n) is 7.59. The van der Waals surface area contributed by atoms with Crippen molar-refractivity contribution in [2.75, 3.05) is 11.9 Å². The minimum absolute atomic E-state index is 0.0147. The van der Waals surface area contributed by atoms with Gasteiger partial charge in [-0.05, 0) is 60.4 Å². The van der Waals surface area contributed by atoms with E-state index >= 15 is 0 Å². The Labute approximate surface area is 150 Å². The Morgan fingerprint density at radius 2 is 1.88 bits per heavy atom. The van der Waals surface area contributed by atoms with Gasteiger partial charge in [-0.25, -0.2) is 0 Å². The van der Waals surface area contributed by atoms with E-state index in [9.17, 15) is 4.79 Å². The summed E-state index contributed by atoms with van der Waals surface area (Å²) in [6.07, 6.45) is 5.02. The van der Waals surface area contributed by atoms with Crippen LogP contribution in [0.5, 0.6) is 0 Å². The van der Waals surface area contributed by atoms with Crippen LogP contribution in [0.25, 0.3) is 0 Å². The van der Waals surface area contributed by atoms with Gasteiger partial charge in [0.05, 0.1) is 0 Å². The van der Waals surface area contributed by atoms with Crippen molar-refractivity contribution in [1.29, 1.82) is 0 Å². The van der Waals surface area contributed by atoms with Crippen molar-refractivity contribution < 1.29 is 4.79 Å². The van der Waals surface area contributed by atoms with Crippen LogP contribution in [0, 0.1) is 5.92 Å². The molecule has 2 bridgehead atoms. The van der Waals surface area contributed by atoms with E-state index in [0.717, 1.165) is 24.6 Å². The van der Waals surface area contributed by atoms with Gasteiger partial charge in [-0.2, -0.15) is 0 Å². The Morgan fingerprint density at radius 1 is 1.08 bits per heavy atom. The molecule has 130 valence electrons. The van der Waals surface area contributed by atoms with Gasteiger partial charge in [0.25, 0.3) is 0 Å². The van der Waals surface area contributed by atoms with E-state index in [4.69, 9.17) is 0 Å². The molecule has 3 aliphatic rings. The zero-order valence-electron chi connectivity index (χ0n) is 14.9. The number of carbonyl (C=O) groups excluding carboxylic acids is 1. The third-order valence-corrected chi connectivity index (χ3v) is 5.63. The topological polar surface area (TPSA) is 32.3 Å². The maximum Gasteiger partial charge on any atom is 0.221 e. The summed E-state index contributed by atoms with van der Waals surface area (Å²) >= 11 is 0. The van der Waals surface area contributed by atoms with E-state index in [0.29, 0.717) is 6.04 Å². The van der Waals surface area contributed by atoms with Gasteiger partial charge in [-0.1, -0.05) is 36.4 Å². The van der Waals surface area contributed by atoms with E-state index in [1.165, 1.54) is 36.9 Å². The molecule has 1 saturated heterocycles. The lowest BCUT2D eigenvalue weighted by Crippen LogP contribution is -2.46. The first-order chi connectivity index (χ1) is 12.2. The molecule has 0 saturated carbocycles. The molecule has 2 aromatic rings. The predicted octanol–water partition coefficient (Wildman–Crippen LogP) is 4.02. The first kappa shape index (κ1) is 16.3. The van der Waals surface area contributed by atoms with Crippen molar-refractivity contribution in [3.05, 3.63) is 65.2 Å². The molecule has 0 spiro atoms. The molecule has 0 radical (unpaired) electrons. The van der Waals surface area contributed by atoms with Gasteiger partial charge < -0.3 is 5.32 Å². The number of hydrogen-bond acceptors (Lipinski definition) is 2. The van der Waals surface area contributed by atoms with Gasteiger partial charge in [0, 0.05) is 31.7 Å². The number of fused-ring (bicyclic) bond motifs is 2. The normalized spacial score (nSPS) is 22.8. The molecule has 5 rings (SSSR count). The third kappa shape index (κ3) is 3.77. The van der Waals surface area contributed by atoms with Crippen LogP contribution in [0.4, 0.5) is 5.69 Å². The number of nitrogens with one attached hydrogen (secondary N) is 1. The zero-order valence-corrected chi connectivity index (χ0v) is 14.9. The highest BCUT2D eigenvalue weighted by Crippen LogP contribution is 2.33. The smallest absolute Gasteiger partial charge is 0.221 e. The van der Waals surface area contributed by atoms with E-state index in [-0.39, 0.29) is 5.91 Å². The highest BCUT2D eigenvalue weighted by Gasteiger charge is 2.31. The van der Waals surface area contributed by atoms with Crippen LogP contribution < -0.4 is 5.32 Å². The molecule has 25 heavy (non-hydrogen) atoms. The van der Waals surface area contributed by atoms with E-state index in [1.807, 2.05) is 12.1 Å². The van der Waals surface area contributed by atoms with Crippen LogP contribution in [0.3, 0.4) is 0 Å². The van der Waals surface area contributed by atoms with Crippen molar-refractivity contribution in [1.82, 2.24) is 4.90 Å². The number of hydrogen-bond donors (Lipinski definition) is 1. The van der Waals surface area contributed by atoms with Gasteiger partial charge in [-0.15, -0.1) is 0 Å². The molecule has 1 aliphatic carbocycles. The average Bonchev–Trinajstić information content (AvgIpc) is 2.55. The first-order valence-electron chi connectivity index (χ1n) is 9.35. The molecule has 0 unspecified atom stereocenters. The number of amides is 1. The lowest BCUT2D eigenvalue weighted by atomic mass is 9.80. The molecule has 3 nitrogen and oxygen atoms in total. The number of rotatable bonds is 3. The molecule has 1 N–H and O–H groups in total. The molecule has 2 heterocycles. The Bertz CT molecular complexity index is 770. The SMILES string of the molecule is CC(=O)Nc1cccc(CN2C[C@@H]3CC[C@H]2Cc2ccccc2C3)c1. The van der Waals surface area contributed by atoms with Gasteiger partial charge >= 0.3 is 0 Å². The standard InChI is InChI=1S/C22H26N2O/c1-16(25)23-21-8-4-5-17(12-21)14-24-15-18-9-10-22(24)13-20-7-3-2-6-19(20)11-18/h2-8,12,18,22H,9-11,13-15H2,1H3,(H,23,25)/t18-,22+/m1/s1. The van der Waals surface area contributed by atoms with Crippen molar-refractivity contribution >= 4 is 11.6 Å². The van der Waals surface area contributed by atoms with Gasteiger partial charge in [0.15, 0.2) is 0 Å². The van der Waals surface area contributed by atoms with E-state index in [1.54, 1.807) is 12.5 Å². The summed E-state index contributed by atoms with van der Waals surface area (Å²) in [7, 11) is 0. The molecule has 1 fully saturated rings. The molecule has 3 heteroatoms. The van der Waals surface area contributed by atoms with Crippen LogP contribution >= 0.6 is 0 Å². The molecular formula is C22H26N2O. The van der Waals surface area contributed by atoms with E-state index in [2.05, 4.69) is 46.6 Å². The summed E-state index contributed by atoms with van der Waals surface area (Å²) in [6, 6.07) is 17.9. The lowest BCUT2D eigenvalue weighted by Gasteiger charge is -2.42. The van der Waals surface area contributed by atoms with Gasteiger partial charge in [0.2, 0.25) is 5.91 Å². The summed E-state index contributed by atoms with van der Waals surface area (Å²) < 4.78 is 0. The number of benzene rings is 2. The molecule has 2 aromatic carbocycles. The number of carbonyl (C=O) groups is 1. The summed E-state index contributed by atoms with van der Waals surface area (Å²) in [6.45, 7) is 3.71. The number of anilines is 1. The maximum atomic E-state index is 11.3. The Balaban J connectivity index is 1.53. The van der Waals surface area contributed by atoms with E-state index < -0.39 is 0 Å². The minimum atomic E-state index is -0.0147. The van der Waals surface area contributed by atoms with Crippen molar-refractivity contribution in [3.63, 3.8) is 0 Å². The second-order valence-corrected chi connectivity index (χ2v) is 7.59. The summed E-state index contributed by atoms with van der Waals surface area (Å²) in [5, 5.41) is 2.89. The lowest BCUT2D eigenvalue weighted by molar-refractivity contribution is -0.114. The summed E-state index contributed by atoms with van der Waals surface area (Å²) in [5.41, 5.74) is 5.27. The Hall–Kier alpha value is -2.13. The molecule has 0 aromatic heterocycles. The minimum Gasteiger partial charge on any atom is -0.326 e. The summed E-state index contributed by atoms with van der Waals surface area (Å²) in [5.74, 6) is 0.746. The van der Waals surface area contributed by atoms with Crippen molar-refractivity contribution in [2.24, 2.45) is 5.92 Å². The highest BCUT2D eigenvalue weighted by atomic mass is 16.1. The average molecular weight is 334 g/mol. The van der Waals surface area contributed by atoms with Crippen LogP contribution in [0.15, 0.2) is 48.5 Å². The van der Waals surface area contributed by atoms with Crippen molar-refractivity contribution in [3.8, 4) is 0 Å². The Morgan fingerprint density at radius 3 is 2.68 bits per heavy atom. The number of piperidine rings is 1. The van der Waals surface area contributed by atoms with Crippen molar-refractivity contribution in [2.45, 2.75) is 45.2 Å². The fourth-order valence-electron chi connectivity index (χ4n) is 4.48. The fraction of sp³-hybridized carbons (Fsp3) is 0.409. The molecule has 1 amide bonds. The van der Waals surface area contributed by atoms with Gasteiger partial charge in [0.1, 0.15) is 0 Å². The van der Waals surface area contributed by atoms with Gasteiger partial charge in [-0.3, -0.25) is 9.69 Å². The van der Waals surface area contributed by atoms with Crippen LogP contribution in [-0.2, 0) is 24.2 Å². The molecule has 2 aliphatic heterocycles. The first-order valence-corrected chi connectivity index (χ1v) is 9.35. The quantitative estimate of drug-likeness (QED) is 0.919. The number of nitrogens with zero attached hydrogens (tertiary/aromatic N) is 1. The zero-order chi connectivity index (χ0) is 17.2. The highest BCUT2D eigenvalue weighted by molar-refractivity contribution is 5.88. The maximum absolute atomic E-state index is 11.3. The Kier molecular flexibility index (Phi) is 4.58. The second kappa shape index (κ2) is 7.01. The van der Waals surface area contributed by atoms with Crippen LogP contribution in [0.2, 0.25) is 0 Å². The summed E-state index contributed by atoms with van der Waals surface area (Å²) in [4.78, 5) is 14.0. The fourth-order valence-corrected chi connectivity index (χ4v) is 4.48. The third-order valence-electron chi connectivity index (χ3n) is 5.63. The monoisotopic (exact) mass is 334 g/mol. The van der Waals surface area contributed by atoms with Crippen LogP contribution in [-0.4, -0.2) is 23.4 Å².